The number of anilines is 1. The molecule has 0 radical (unpaired) electrons. The molecular weight excluding hydrogens is 384 g/mol. The molecule has 0 saturated heterocycles. The maximum atomic E-state index is 12.8. The number of oxazole rings is 1. The van der Waals surface area contributed by atoms with Crippen molar-refractivity contribution in [1.82, 2.24) is 4.98 Å². The number of hydrogen-bond donors (Lipinski definition) is 1. The lowest BCUT2D eigenvalue weighted by Crippen LogP contribution is -2.13. The Morgan fingerprint density at radius 1 is 0.862 bits per heavy atom. The van der Waals surface area contributed by atoms with Gasteiger partial charge in [0.25, 0.3) is 10.0 Å². The van der Waals surface area contributed by atoms with Crippen molar-refractivity contribution in [2.45, 2.75) is 18.2 Å². The molecule has 0 aliphatic rings. The molecule has 1 heterocycles. The maximum Gasteiger partial charge on any atom is 0.263 e. The van der Waals surface area contributed by atoms with Gasteiger partial charge < -0.3 is 4.42 Å². The van der Waals surface area contributed by atoms with E-state index in [-0.39, 0.29) is 10.7 Å². The van der Waals surface area contributed by atoms with Crippen molar-refractivity contribution in [3.63, 3.8) is 0 Å². The zero-order valence-corrected chi connectivity index (χ0v) is 16.7. The molecule has 0 unspecified atom stereocenters. The molecule has 1 aromatic heterocycles. The normalized spacial score (nSPS) is 11.3. The lowest BCUT2D eigenvalue weighted by Gasteiger charge is -2.08. The number of aromatic nitrogens is 1. The van der Waals surface area contributed by atoms with E-state index in [0.717, 1.165) is 16.7 Å². The highest BCUT2D eigenvalue weighted by molar-refractivity contribution is 7.92. The molecule has 3 aromatic carbocycles. The van der Waals surface area contributed by atoms with Crippen molar-refractivity contribution in [3.8, 4) is 11.3 Å². The van der Waals surface area contributed by atoms with E-state index in [9.17, 15) is 8.42 Å². The molecule has 6 heteroatoms. The van der Waals surface area contributed by atoms with Gasteiger partial charge in [0, 0.05) is 12.0 Å². The first-order valence-electron chi connectivity index (χ1n) is 9.20. The molecule has 0 amide bonds. The van der Waals surface area contributed by atoms with E-state index >= 15 is 0 Å². The van der Waals surface area contributed by atoms with Crippen molar-refractivity contribution in [2.24, 2.45) is 0 Å². The van der Waals surface area contributed by atoms with E-state index in [0.29, 0.717) is 18.1 Å². The Morgan fingerprint density at radius 2 is 1.48 bits per heavy atom. The second kappa shape index (κ2) is 7.93. The summed E-state index contributed by atoms with van der Waals surface area (Å²) in [5.74, 6) is 1.04. The lowest BCUT2D eigenvalue weighted by molar-refractivity contribution is 0.519. The van der Waals surface area contributed by atoms with Gasteiger partial charge in [0.05, 0.1) is 4.90 Å². The van der Waals surface area contributed by atoms with Gasteiger partial charge in [0.1, 0.15) is 0 Å². The van der Waals surface area contributed by atoms with Crippen molar-refractivity contribution in [1.29, 1.82) is 0 Å². The summed E-state index contributed by atoms with van der Waals surface area (Å²) in [6.07, 6.45) is 0.465. The van der Waals surface area contributed by atoms with Crippen LogP contribution >= 0.6 is 0 Å². The van der Waals surface area contributed by atoms with Gasteiger partial charge >= 0.3 is 0 Å². The Hall–Kier alpha value is -3.38. The molecule has 1 N–H and O–H groups in total. The van der Waals surface area contributed by atoms with Crippen LogP contribution in [0.2, 0.25) is 0 Å². The zero-order chi connectivity index (χ0) is 20.3. The van der Waals surface area contributed by atoms with Crippen LogP contribution in [0.3, 0.4) is 0 Å². The van der Waals surface area contributed by atoms with Crippen LogP contribution < -0.4 is 4.72 Å². The van der Waals surface area contributed by atoms with E-state index < -0.39 is 10.0 Å². The minimum Gasteiger partial charge on any atom is -0.438 e. The van der Waals surface area contributed by atoms with Gasteiger partial charge in [-0.05, 0) is 30.2 Å². The first-order valence-corrected chi connectivity index (χ1v) is 10.7. The summed E-state index contributed by atoms with van der Waals surface area (Å²) in [6, 6.07) is 25.7. The Balaban J connectivity index is 1.76. The zero-order valence-electron chi connectivity index (χ0n) is 15.9. The summed E-state index contributed by atoms with van der Waals surface area (Å²) in [5.41, 5.74) is 2.79. The first kappa shape index (κ1) is 19.0. The highest BCUT2D eigenvalue weighted by Gasteiger charge is 2.22. The molecule has 146 valence electrons. The van der Waals surface area contributed by atoms with Gasteiger partial charge in [0.2, 0.25) is 5.89 Å². The SMILES string of the molecule is Cc1ccccc1-c1oc(Cc2ccccc2)nc1NS(=O)(=O)c1ccccc1. The van der Waals surface area contributed by atoms with Gasteiger partial charge in [0.15, 0.2) is 11.6 Å². The fourth-order valence-corrected chi connectivity index (χ4v) is 4.10. The molecule has 5 nitrogen and oxygen atoms in total. The third kappa shape index (κ3) is 4.22. The quantitative estimate of drug-likeness (QED) is 0.489. The van der Waals surface area contributed by atoms with Crippen LogP contribution in [0.25, 0.3) is 11.3 Å². The first-order chi connectivity index (χ1) is 14.0. The second-order valence-electron chi connectivity index (χ2n) is 6.68. The van der Waals surface area contributed by atoms with Gasteiger partial charge in [-0.3, -0.25) is 4.72 Å². The number of aryl methyl sites for hydroxylation is 1. The van der Waals surface area contributed by atoms with Crippen molar-refractivity contribution in [3.05, 3.63) is 102 Å². The third-order valence-electron chi connectivity index (χ3n) is 4.54. The summed E-state index contributed by atoms with van der Waals surface area (Å²) in [5, 5.41) is 0. The molecule has 29 heavy (non-hydrogen) atoms. The summed E-state index contributed by atoms with van der Waals surface area (Å²) in [7, 11) is -3.79. The summed E-state index contributed by atoms with van der Waals surface area (Å²) < 4.78 is 34.3. The average molecular weight is 404 g/mol. The van der Waals surface area contributed by atoms with Gasteiger partial charge in [-0.15, -0.1) is 0 Å². The Labute approximate surface area is 170 Å². The Bertz CT molecular complexity index is 1220. The molecule has 0 saturated carbocycles. The highest BCUT2D eigenvalue weighted by atomic mass is 32.2. The van der Waals surface area contributed by atoms with Crippen LogP contribution in [0.5, 0.6) is 0 Å². The predicted molar refractivity (Wildman–Crippen MR) is 113 cm³/mol. The average Bonchev–Trinajstić information content (AvgIpc) is 3.11. The fourth-order valence-electron chi connectivity index (χ4n) is 3.08. The smallest absolute Gasteiger partial charge is 0.263 e. The van der Waals surface area contributed by atoms with Crippen molar-refractivity contribution >= 4 is 15.8 Å². The molecule has 0 aliphatic heterocycles. The molecule has 0 aliphatic carbocycles. The van der Waals surface area contributed by atoms with Gasteiger partial charge in [-0.2, -0.15) is 4.98 Å². The van der Waals surface area contributed by atoms with Crippen LogP contribution in [0.15, 0.2) is 94.2 Å². The Morgan fingerprint density at radius 3 is 2.17 bits per heavy atom. The molecule has 0 atom stereocenters. The maximum absolute atomic E-state index is 12.8. The number of sulfonamides is 1. The van der Waals surface area contributed by atoms with Crippen LogP contribution in [-0.2, 0) is 16.4 Å². The number of rotatable bonds is 6. The second-order valence-corrected chi connectivity index (χ2v) is 8.36. The van der Waals surface area contributed by atoms with Crippen LogP contribution in [-0.4, -0.2) is 13.4 Å². The molecule has 0 fully saturated rings. The largest absolute Gasteiger partial charge is 0.438 e. The topological polar surface area (TPSA) is 72.2 Å². The van der Waals surface area contributed by atoms with Crippen LogP contribution in [0, 0.1) is 6.92 Å². The highest BCUT2D eigenvalue weighted by Crippen LogP contribution is 2.33. The van der Waals surface area contributed by atoms with Crippen LogP contribution in [0.4, 0.5) is 5.82 Å². The number of nitrogens with zero attached hydrogens (tertiary/aromatic N) is 1. The van der Waals surface area contributed by atoms with Crippen molar-refractivity contribution in [2.75, 3.05) is 4.72 Å². The van der Waals surface area contributed by atoms with Gasteiger partial charge in [-0.1, -0.05) is 72.8 Å². The Kier molecular flexibility index (Phi) is 5.18. The summed E-state index contributed by atoms with van der Waals surface area (Å²) >= 11 is 0. The van der Waals surface area contributed by atoms with Crippen molar-refractivity contribution < 1.29 is 12.8 Å². The van der Waals surface area contributed by atoms with Gasteiger partial charge in [-0.25, -0.2) is 8.42 Å². The fraction of sp³-hybridized carbons (Fsp3) is 0.0870. The standard InChI is InChI=1S/C23H20N2O3S/c1-17-10-8-9-15-20(17)22-23(25-29(26,27)19-13-6-3-7-14-19)24-21(28-22)16-18-11-4-2-5-12-18/h2-15,25H,16H2,1H3. The molecule has 0 spiro atoms. The summed E-state index contributed by atoms with van der Waals surface area (Å²) in [6.45, 7) is 1.95. The molecule has 4 aromatic rings. The third-order valence-corrected chi connectivity index (χ3v) is 5.90. The predicted octanol–water partition coefficient (Wildman–Crippen LogP) is 5.04. The number of nitrogens with one attached hydrogen (secondary N) is 1. The number of benzene rings is 3. The van der Waals surface area contributed by atoms with Crippen LogP contribution in [0.1, 0.15) is 17.0 Å². The number of hydrogen-bond acceptors (Lipinski definition) is 4. The minimum atomic E-state index is -3.79. The molecule has 4 rings (SSSR count). The van der Waals surface area contributed by atoms with E-state index in [4.69, 9.17) is 4.42 Å². The summed E-state index contributed by atoms with van der Waals surface area (Å²) in [4.78, 5) is 4.65. The lowest BCUT2D eigenvalue weighted by atomic mass is 10.1. The van der Waals surface area contributed by atoms with E-state index in [2.05, 4.69) is 9.71 Å². The van der Waals surface area contributed by atoms with E-state index in [1.54, 1.807) is 30.3 Å². The van der Waals surface area contributed by atoms with E-state index in [1.807, 2.05) is 61.5 Å². The monoisotopic (exact) mass is 404 g/mol. The van der Waals surface area contributed by atoms with E-state index in [1.165, 1.54) is 0 Å². The molecule has 0 bridgehead atoms. The minimum absolute atomic E-state index is 0.170. The molecular formula is C23H20N2O3S.